The lowest BCUT2D eigenvalue weighted by atomic mass is 10.2. The average molecular weight is 222 g/mol. The lowest BCUT2D eigenvalue weighted by molar-refractivity contribution is 0.504. The summed E-state index contributed by atoms with van der Waals surface area (Å²) in [5.74, 6) is -1.81. The predicted octanol–water partition coefficient (Wildman–Crippen LogP) is 2.95. The van der Waals surface area contributed by atoms with Crippen molar-refractivity contribution in [2.24, 2.45) is 0 Å². The minimum absolute atomic E-state index is 0.0833. The molecule has 0 saturated heterocycles. The molecule has 0 aliphatic carbocycles. The van der Waals surface area contributed by atoms with E-state index >= 15 is 0 Å². The Balaban J connectivity index is 2.78. The monoisotopic (exact) mass is 222 g/mol. The Morgan fingerprint density at radius 3 is 2.12 bits per heavy atom. The molecular formula is C12H12F2N2. The van der Waals surface area contributed by atoms with E-state index in [1.807, 2.05) is 26.0 Å². The number of halogens is 2. The fraction of sp³-hybridized carbons (Fsp3) is 0.167. The van der Waals surface area contributed by atoms with Crippen molar-refractivity contribution in [2.75, 3.05) is 5.73 Å². The van der Waals surface area contributed by atoms with E-state index in [-0.39, 0.29) is 11.4 Å². The zero-order chi connectivity index (χ0) is 11.9. The molecule has 16 heavy (non-hydrogen) atoms. The first-order chi connectivity index (χ1) is 7.52. The van der Waals surface area contributed by atoms with Crippen molar-refractivity contribution in [1.82, 2.24) is 4.57 Å². The zero-order valence-electron chi connectivity index (χ0n) is 9.09. The van der Waals surface area contributed by atoms with Gasteiger partial charge in [-0.2, -0.15) is 0 Å². The van der Waals surface area contributed by atoms with E-state index in [2.05, 4.69) is 0 Å². The maximum atomic E-state index is 13.7. The number of hydrogen-bond acceptors (Lipinski definition) is 1. The molecule has 0 aliphatic heterocycles. The molecule has 0 aliphatic rings. The van der Waals surface area contributed by atoms with E-state index in [0.29, 0.717) is 0 Å². The van der Waals surface area contributed by atoms with E-state index < -0.39 is 11.6 Å². The molecule has 0 amide bonds. The Labute approximate surface area is 92.3 Å². The van der Waals surface area contributed by atoms with Gasteiger partial charge in [0.25, 0.3) is 0 Å². The predicted molar refractivity (Wildman–Crippen MR) is 59.6 cm³/mol. The smallest absolute Gasteiger partial charge is 0.184 e. The van der Waals surface area contributed by atoms with Gasteiger partial charge in [-0.3, -0.25) is 0 Å². The van der Waals surface area contributed by atoms with Crippen LogP contribution in [-0.4, -0.2) is 4.57 Å². The minimum Gasteiger partial charge on any atom is -0.397 e. The maximum absolute atomic E-state index is 13.7. The van der Waals surface area contributed by atoms with E-state index in [0.717, 1.165) is 17.5 Å². The molecule has 2 N–H and O–H groups in total. The molecule has 0 atom stereocenters. The van der Waals surface area contributed by atoms with E-state index in [4.69, 9.17) is 5.73 Å². The van der Waals surface area contributed by atoms with Gasteiger partial charge in [-0.1, -0.05) is 0 Å². The summed E-state index contributed by atoms with van der Waals surface area (Å²) >= 11 is 0. The third kappa shape index (κ3) is 1.46. The number of nitrogens with zero attached hydrogens (tertiary/aromatic N) is 1. The van der Waals surface area contributed by atoms with Crippen LogP contribution in [0.15, 0.2) is 24.3 Å². The highest BCUT2D eigenvalue weighted by atomic mass is 19.2. The molecule has 1 aromatic heterocycles. The molecule has 0 saturated carbocycles. The van der Waals surface area contributed by atoms with Gasteiger partial charge in [0.05, 0.1) is 5.69 Å². The van der Waals surface area contributed by atoms with Crippen LogP contribution in [-0.2, 0) is 0 Å². The Kier molecular flexibility index (Phi) is 2.42. The van der Waals surface area contributed by atoms with Gasteiger partial charge in [0, 0.05) is 11.4 Å². The van der Waals surface area contributed by atoms with Crippen LogP contribution in [0.5, 0.6) is 0 Å². The molecular weight excluding hydrogens is 210 g/mol. The molecule has 0 spiro atoms. The van der Waals surface area contributed by atoms with Crippen molar-refractivity contribution in [3.63, 3.8) is 0 Å². The van der Waals surface area contributed by atoms with Gasteiger partial charge in [0.1, 0.15) is 5.69 Å². The lowest BCUT2D eigenvalue weighted by Gasteiger charge is -2.13. The summed E-state index contributed by atoms with van der Waals surface area (Å²) in [6.07, 6.45) is 0. The quantitative estimate of drug-likeness (QED) is 0.739. The van der Waals surface area contributed by atoms with Gasteiger partial charge in [0.15, 0.2) is 11.6 Å². The number of hydrogen-bond donors (Lipinski definition) is 1. The first-order valence-electron chi connectivity index (χ1n) is 4.91. The largest absolute Gasteiger partial charge is 0.397 e. The van der Waals surface area contributed by atoms with Crippen LogP contribution >= 0.6 is 0 Å². The van der Waals surface area contributed by atoms with Gasteiger partial charge in [-0.25, -0.2) is 8.78 Å². The van der Waals surface area contributed by atoms with E-state index in [1.165, 1.54) is 6.07 Å². The summed E-state index contributed by atoms with van der Waals surface area (Å²) < 4.78 is 28.5. The van der Waals surface area contributed by atoms with Gasteiger partial charge in [0.2, 0.25) is 0 Å². The van der Waals surface area contributed by atoms with Crippen molar-refractivity contribution in [2.45, 2.75) is 13.8 Å². The standard InChI is InChI=1S/C12H12F2N2/c1-7-3-4-8(2)16(7)12-10(15)6-5-9(13)11(12)14/h3-6H,15H2,1-2H3. The maximum Gasteiger partial charge on any atom is 0.184 e. The Bertz CT molecular complexity index is 525. The van der Waals surface area contributed by atoms with Gasteiger partial charge < -0.3 is 10.3 Å². The summed E-state index contributed by atoms with van der Waals surface area (Å²) in [5, 5.41) is 0. The number of anilines is 1. The molecule has 4 heteroatoms. The Hall–Kier alpha value is -1.84. The molecule has 0 fully saturated rings. The first-order valence-corrected chi connectivity index (χ1v) is 4.91. The lowest BCUT2D eigenvalue weighted by Crippen LogP contribution is -2.07. The van der Waals surface area contributed by atoms with Crippen LogP contribution in [0.2, 0.25) is 0 Å². The summed E-state index contributed by atoms with van der Waals surface area (Å²) in [7, 11) is 0. The summed E-state index contributed by atoms with van der Waals surface area (Å²) in [4.78, 5) is 0. The topological polar surface area (TPSA) is 30.9 Å². The molecule has 84 valence electrons. The van der Waals surface area contributed by atoms with Crippen molar-refractivity contribution in [1.29, 1.82) is 0 Å². The number of aryl methyl sites for hydroxylation is 2. The highest BCUT2D eigenvalue weighted by molar-refractivity contribution is 5.60. The number of rotatable bonds is 1. The van der Waals surface area contributed by atoms with Crippen molar-refractivity contribution in [3.05, 3.63) is 47.3 Å². The number of nitrogens with two attached hydrogens (primary N) is 1. The van der Waals surface area contributed by atoms with Crippen LogP contribution in [0.3, 0.4) is 0 Å². The van der Waals surface area contributed by atoms with Gasteiger partial charge in [-0.15, -0.1) is 0 Å². The summed E-state index contributed by atoms with van der Waals surface area (Å²) in [5.41, 5.74) is 7.63. The number of benzene rings is 1. The molecule has 0 unspecified atom stereocenters. The van der Waals surface area contributed by atoms with Gasteiger partial charge >= 0.3 is 0 Å². The molecule has 2 rings (SSSR count). The third-order valence-corrected chi connectivity index (χ3v) is 2.60. The first kappa shape index (κ1) is 10.7. The van der Waals surface area contributed by atoms with Crippen molar-refractivity contribution >= 4 is 5.69 Å². The molecule has 0 bridgehead atoms. The molecule has 1 aromatic carbocycles. The van der Waals surface area contributed by atoms with Crippen LogP contribution in [0, 0.1) is 25.5 Å². The fourth-order valence-electron chi connectivity index (χ4n) is 1.80. The van der Waals surface area contributed by atoms with Crippen LogP contribution in [0.4, 0.5) is 14.5 Å². The minimum atomic E-state index is -0.914. The normalized spacial score (nSPS) is 10.8. The number of aromatic nitrogens is 1. The zero-order valence-corrected chi connectivity index (χ0v) is 9.09. The second-order valence-electron chi connectivity index (χ2n) is 3.75. The molecule has 0 radical (unpaired) electrons. The second kappa shape index (κ2) is 3.63. The Morgan fingerprint density at radius 2 is 1.56 bits per heavy atom. The molecule has 2 aromatic rings. The third-order valence-electron chi connectivity index (χ3n) is 2.60. The SMILES string of the molecule is Cc1ccc(C)n1-c1c(N)ccc(F)c1F. The summed E-state index contributed by atoms with van der Waals surface area (Å²) in [6.45, 7) is 3.63. The fourth-order valence-corrected chi connectivity index (χ4v) is 1.80. The Morgan fingerprint density at radius 1 is 1.00 bits per heavy atom. The average Bonchev–Trinajstić information content (AvgIpc) is 2.56. The van der Waals surface area contributed by atoms with Crippen LogP contribution < -0.4 is 5.73 Å². The molecule has 2 nitrogen and oxygen atoms in total. The van der Waals surface area contributed by atoms with Crippen molar-refractivity contribution < 1.29 is 8.78 Å². The highest BCUT2D eigenvalue weighted by Gasteiger charge is 2.16. The number of nitrogen functional groups attached to an aromatic ring is 1. The summed E-state index contributed by atoms with van der Waals surface area (Å²) in [6, 6.07) is 6.06. The molecule has 1 heterocycles. The highest BCUT2D eigenvalue weighted by Crippen LogP contribution is 2.26. The second-order valence-corrected chi connectivity index (χ2v) is 3.75. The van der Waals surface area contributed by atoms with E-state index in [1.54, 1.807) is 4.57 Å². The van der Waals surface area contributed by atoms with Gasteiger partial charge in [-0.05, 0) is 38.1 Å². The van der Waals surface area contributed by atoms with Crippen molar-refractivity contribution in [3.8, 4) is 5.69 Å². The van der Waals surface area contributed by atoms with Crippen LogP contribution in [0.25, 0.3) is 5.69 Å². The van der Waals surface area contributed by atoms with E-state index in [9.17, 15) is 8.78 Å². The van der Waals surface area contributed by atoms with Crippen LogP contribution in [0.1, 0.15) is 11.4 Å².